The highest BCUT2D eigenvalue weighted by Crippen LogP contribution is 2.15. The molecular formula is C21H27N3O6. The molecule has 2 fully saturated rings. The second-order valence-corrected chi connectivity index (χ2v) is 7.65. The van der Waals surface area contributed by atoms with Crippen LogP contribution in [-0.2, 0) is 35.1 Å². The number of ether oxygens (including phenoxy) is 2. The maximum atomic E-state index is 12.4. The van der Waals surface area contributed by atoms with E-state index in [-0.39, 0.29) is 24.2 Å². The van der Waals surface area contributed by atoms with E-state index in [0.29, 0.717) is 32.7 Å². The second kappa shape index (κ2) is 10.3. The number of nitrogens with one attached hydrogen (secondary N) is 3. The largest absolute Gasteiger partial charge is 0.381 e. The van der Waals surface area contributed by atoms with Crippen molar-refractivity contribution in [3.8, 4) is 0 Å². The van der Waals surface area contributed by atoms with Crippen molar-refractivity contribution in [1.82, 2.24) is 16.0 Å². The lowest BCUT2D eigenvalue weighted by Crippen LogP contribution is -2.51. The number of epoxide rings is 1. The minimum absolute atomic E-state index is 0.181. The topological polar surface area (TPSA) is 126 Å². The number of hydrogen-bond donors (Lipinski definition) is 3. The third kappa shape index (κ3) is 6.64. The van der Waals surface area contributed by atoms with Gasteiger partial charge in [0.1, 0.15) is 12.1 Å². The van der Waals surface area contributed by atoms with Crippen molar-refractivity contribution in [2.75, 3.05) is 26.4 Å². The van der Waals surface area contributed by atoms with Gasteiger partial charge >= 0.3 is 0 Å². The molecule has 3 unspecified atom stereocenters. The molecule has 0 spiro atoms. The first-order valence-corrected chi connectivity index (χ1v) is 10.1. The Morgan fingerprint density at radius 3 is 2.33 bits per heavy atom. The third-order valence-electron chi connectivity index (χ3n) is 4.99. The molecule has 0 aromatic heterocycles. The fraction of sp³-hybridized carbons (Fsp3) is 0.524. The second-order valence-electron chi connectivity index (χ2n) is 7.65. The Morgan fingerprint density at radius 1 is 1.03 bits per heavy atom. The van der Waals surface area contributed by atoms with Crippen LogP contribution in [0.25, 0.3) is 0 Å². The molecule has 9 nitrogen and oxygen atoms in total. The van der Waals surface area contributed by atoms with Gasteiger partial charge in [0.05, 0.1) is 32.4 Å². The molecule has 3 rings (SSSR count). The predicted molar refractivity (Wildman–Crippen MR) is 106 cm³/mol. The van der Waals surface area contributed by atoms with Crippen LogP contribution in [0.5, 0.6) is 0 Å². The number of carbonyl (C=O) groups excluding carboxylic acids is 4. The van der Waals surface area contributed by atoms with Crippen LogP contribution < -0.4 is 16.0 Å². The quantitative estimate of drug-likeness (QED) is 0.411. The SMILES string of the molecule is CC(NC(=O)CC1COC1)C(=O)NCC(=O)NC(Cc1ccccc1)C(=O)C1CO1. The highest BCUT2D eigenvalue weighted by molar-refractivity contribution is 5.95. The molecule has 162 valence electrons. The molecule has 9 heteroatoms. The molecule has 3 amide bonds. The first kappa shape index (κ1) is 21.9. The van der Waals surface area contributed by atoms with Gasteiger partial charge in [-0.15, -0.1) is 0 Å². The van der Waals surface area contributed by atoms with E-state index < -0.39 is 30.0 Å². The van der Waals surface area contributed by atoms with E-state index in [1.165, 1.54) is 0 Å². The Morgan fingerprint density at radius 2 is 1.73 bits per heavy atom. The Labute approximate surface area is 174 Å². The van der Waals surface area contributed by atoms with Crippen molar-refractivity contribution in [1.29, 1.82) is 0 Å². The first-order chi connectivity index (χ1) is 14.4. The predicted octanol–water partition coefficient (Wildman–Crippen LogP) is -0.661. The minimum Gasteiger partial charge on any atom is -0.381 e. The van der Waals surface area contributed by atoms with Crippen molar-refractivity contribution in [3.05, 3.63) is 35.9 Å². The minimum atomic E-state index is -0.770. The van der Waals surface area contributed by atoms with Crippen LogP contribution in [0.15, 0.2) is 30.3 Å². The Bertz CT molecular complexity index is 776. The zero-order valence-corrected chi connectivity index (χ0v) is 16.9. The molecule has 0 radical (unpaired) electrons. The molecule has 0 saturated carbocycles. The number of benzene rings is 1. The van der Waals surface area contributed by atoms with E-state index in [2.05, 4.69) is 16.0 Å². The molecule has 1 aromatic rings. The molecule has 2 aliphatic heterocycles. The number of carbonyl (C=O) groups is 4. The van der Waals surface area contributed by atoms with E-state index >= 15 is 0 Å². The number of amides is 3. The Hall–Kier alpha value is -2.78. The summed E-state index contributed by atoms with van der Waals surface area (Å²) in [5, 5.41) is 7.78. The van der Waals surface area contributed by atoms with Crippen LogP contribution in [0.3, 0.4) is 0 Å². The summed E-state index contributed by atoms with van der Waals surface area (Å²) in [6, 6.07) is 7.85. The average molecular weight is 417 g/mol. The highest BCUT2D eigenvalue weighted by atomic mass is 16.6. The number of Topliss-reactive ketones (excluding diaryl/α,β-unsaturated/α-hetero) is 1. The number of ketones is 1. The molecule has 1 aromatic carbocycles. The Kier molecular flexibility index (Phi) is 7.53. The number of hydrogen-bond acceptors (Lipinski definition) is 6. The van der Waals surface area contributed by atoms with Gasteiger partial charge in [-0.05, 0) is 18.9 Å². The van der Waals surface area contributed by atoms with Crippen LogP contribution in [0.4, 0.5) is 0 Å². The normalized spacial score (nSPS) is 19.7. The van der Waals surface area contributed by atoms with Gasteiger partial charge in [0, 0.05) is 12.3 Å². The van der Waals surface area contributed by atoms with Gasteiger partial charge in [-0.2, -0.15) is 0 Å². The van der Waals surface area contributed by atoms with E-state index in [4.69, 9.17) is 9.47 Å². The van der Waals surface area contributed by atoms with Gasteiger partial charge in [-0.1, -0.05) is 30.3 Å². The molecule has 3 N–H and O–H groups in total. The summed E-state index contributed by atoms with van der Waals surface area (Å²) in [6.45, 7) is 2.74. The maximum Gasteiger partial charge on any atom is 0.242 e. The molecular weight excluding hydrogens is 390 g/mol. The van der Waals surface area contributed by atoms with E-state index in [0.717, 1.165) is 5.56 Å². The van der Waals surface area contributed by atoms with E-state index in [9.17, 15) is 19.2 Å². The molecule has 2 aliphatic rings. The standard InChI is InChI=1S/C21H27N3O6/c1-13(23-18(25)8-15-10-29-11-15)21(28)22-9-19(26)24-16(20(27)17-12-30-17)7-14-5-3-2-4-6-14/h2-6,13,15-17H,7-12H2,1H3,(H,22,28)(H,23,25)(H,24,26). The van der Waals surface area contributed by atoms with E-state index in [1.807, 2.05) is 30.3 Å². The van der Waals surface area contributed by atoms with Crippen LogP contribution in [0.2, 0.25) is 0 Å². The van der Waals surface area contributed by atoms with Crippen molar-refractivity contribution in [2.24, 2.45) is 5.92 Å². The molecule has 2 heterocycles. The van der Waals surface area contributed by atoms with Gasteiger partial charge in [-0.25, -0.2) is 0 Å². The lowest BCUT2D eigenvalue weighted by molar-refractivity contribution is -0.132. The fourth-order valence-electron chi connectivity index (χ4n) is 3.11. The maximum absolute atomic E-state index is 12.4. The zero-order valence-electron chi connectivity index (χ0n) is 16.9. The lowest BCUT2D eigenvalue weighted by atomic mass is 10.0. The average Bonchev–Trinajstić information content (AvgIpc) is 3.54. The summed E-state index contributed by atoms with van der Waals surface area (Å²) in [5.41, 5.74) is 0.911. The summed E-state index contributed by atoms with van der Waals surface area (Å²) in [4.78, 5) is 48.8. The van der Waals surface area contributed by atoms with Gasteiger partial charge < -0.3 is 25.4 Å². The van der Waals surface area contributed by atoms with Gasteiger partial charge in [0.25, 0.3) is 0 Å². The van der Waals surface area contributed by atoms with Crippen LogP contribution in [0.1, 0.15) is 18.9 Å². The van der Waals surface area contributed by atoms with Gasteiger partial charge in [0.2, 0.25) is 17.7 Å². The van der Waals surface area contributed by atoms with E-state index in [1.54, 1.807) is 6.92 Å². The van der Waals surface area contributed by atoms with Crippen LogP contribution in [0, 0.1) is 5.92 Å². The van der Waals surface area contributed by atoms with Crippen molar-refractivity contribution in [3.63, 3.8) is 0 Å². The van der Waals surface area contributed by atoms with Crippen molar-refractivity contribution >= 4 is 23.5 Å². The lowest BCUT2D eigenvalue weighted by Gasteiger charge is -2.25. The highest BCUT2D eigenvalue weighted by Gasteiger charge is 2.37. The van der Waals surface area contributed by atoms with Gasteiger partial charge in [0.15, 0.2) is 5.78 Å². The zero-order chi connectivity index (χ0) is 21.5. The van der Waals surface area contributed by atoms with Crippen molar-refractivity contribution < 1.29 is 28.7 Å². The fourth-order valence-corrected chi connectivity index (χ4v) is 3.11. The smallest absolute Gasteiger partial charge is 0.242 e. The summed E-state index contributed by atoms with van der Waals surface area (Å²) >= 11 is 0. The summed E-state index contributed by atoms with van der Waals surface area (Å²) in [6.07, 6.45) is 0.172. The number of rotatable bonds is 11. The molecule has 30 heavy (non-hydrogen) atoms. The molecule has 2 saturated heterocycles. The monoisotopic (exact) mass is 417 g/mol. The molecule has 0 bridgehead atoms. The van der Waals surface area contributed by atoms with Crippen LogP contribution in [-0.4, -0.2) is 68.1 Å². The summed E-state index contributed by atoms with van der Waals surface area (Å²) in [7, 11) is 0. The van der Waals surface area contributed by atoms with Gasteiger partial charge in [-0.3, -0.25) is 19.2 Å². The third-order valence-corrected chi connectivity index (χ3v) is 4.99. The molecule has 3 atom stereocenters. The van der Waals surface area contributed by atoms with Crippen LogP contribution >= 0.6 is 0 Å². The first-order valence-electron chi connectivity index (χ1n) is 10.1. The Balaban J connectivity index is 1.44. The summed E-state index contributed by atoms with van der Waals surface area (Å²) in [5.74, 6) is -1.17. The van der Waals surface area contributed by atoms with Crippen molar-refractivity contribution in [2.45, 2.75) is 38.0 Å². The summed E-state index contributed by atoms with van der Waals surface area (Å²) < 4.78 is 10.1. The molecule has 0 aliphatic carbocycles.